The minimum Gasteiger partial charge on any atom is -0.494 e. The minimum atomic E-state index is -3.62. The third-order valence-electron chi connectivity index (χ3n) is 3.83. The van der Waals surface area contributed by atoms with Crippen LogP contribution in [0.25, 0.3) is 0 Å². The highest BCUT2D eigenvalue weighted by Gasteiger charge is 2.21. The predicted molar refractivity (Wildman–Crippen MR) is 111 cm³/mol. The number of nitrogens with zero attached hydrogens (tertiary/aromatic N) is 2. The Bertz CT molecular complexity index is 925. The Kier molecular flexibility index (Phi) is 7.57. The van der Waals surface area contributed by atoms with Gasteiger partial charge in [0.15, 0.2) is 0 Å². The van der Waals surface area contributed by atoms with Crippen LogP contribution in [0.4, 0.5) is 5.69 Å². The molecule has 0 aromatic heterocycles. The van der Waals surface area contributed by atoms with E-state index in [1.165, 1.54) is 6.21 Å². The number of hydrogen-bond donors (Lipinski definition) is 1. The van der Waals surface area contributed by atoms with Crippen LogP contribution in [0.15, 0.2) is 53.6 Å². The van der Waals surface area contributed by atoms with Gasteiger partial charge >= 0.3 is 0 Å². The number of hydrogen-bond acceptors (Lipinski definition) is 5. The van der Waals surface area contributed by atoms with Gasteiger partial charge in [0.05, 0.1) is 24.8 Å². The van der Waals surface area contributed by atoms with Crippen molar-refractivity contribution < 1.29 is 17.9 Å². The quantitative estimate of drug-likeness (QED) is 0.515. The molecule has 28 heavy (non-hydrogen) atoms. The van der Waals surface area contributed by atoms with E-state index in [1.807, 2.05) is 37.3 Å². The number of carbonyl (C=O) groups excluding carboxylic acids is 1. The number of aryl methyl sites for hydroxylation is 1. The number of amides is 1. The van der Waals surface area contributed by atoms with Crippen molar-refractivity contribution in [3.05, 3.63) is 59.7 Å². The fourth-order valence-electron chi connectivity index (χ4n) is 2.44. The van der Waals surface area contributed by atoms with Gasteiger partial charge in [-0.15, -0.1) is 0 Å². The van der Waals surface area contributed by atoms with Gasteiger partial charge in [-0.05, 0) is 54.8 Å². The SMILES string of the molecule is CCCOc1ccc(/C=N\NC(=O)CN(c2ccccc2C)S(C)(=O)=O)cc1. The molecule has 0 fully saturated rings. The largest absolute Gasteiger partial charge is 0.494 e. The van der Waals surface area contributed by atoms with Crippen LogP contribution < -0.4 is 14.5 Å². The predicted octanol–water partition coefficient (Wildman–Crippen LogP) is 2.70. The van der Waals surface area contributed by atoms with E-state index in [1.54, 1.807) is 25.1 Å². The summed E-state index contributed by atoms with van der Waals surface area (Å²) < 4.78 is 30.8. The molecule has 2 aromatic rings. The van der Waals surface area contributed by atoms with Crippen molar-refractivity contribution >= 4 is 27.8 Å². The first-order valence-corrected chi connectivity index (χ1v) is 10.7. The van der Waals surface area contributed by atoms with Gasteiger partial charge in [-0.3, -0.25) is 9.10 Å². The van der Waals surface area contributed by atoms with Crippen molar-refractivity contribution in [3.63, 3.8) is 0 Å². The number of para-hydroxylation sites is 1. The number of benzene rings is 2. The van der Waals surface area contributed by atoms with E-state index in [9.17, 15) is 13.2 Å². The average molecular weight is 404 g/mol. The van der Waals surface area contributed by atoms with Crippen molar-refractivity contribution in [1.82, 2.24) is 5.43 Å². The lowest BCUT2D eigenvalue weighted by atomic mass is 10.2. The molecule has 0 saturated heterocycles. The fraction of sp³-hybridized carbons (Fsp3) is 0.300. The van der Waals surface area contributed by atoms with Crippen LogP contribution in [0.3, 0.4) is 0 Å². The summed E-state index contributed by atoms with van der Waals surface area (Å²) in [5, 5.41) is 3.90. The number of ether oxygens (including phenoxy) is 1. The van der Waals surface area contributed by atoms with Crippen molar-refractivity contribution in [2.75, 3.05) is 23.7 Å². The molecule has 0 radical (unpaired) electrons. The van der Waals surface area contributed by atoms with E-state index in [0.717, 1.165) is 33.9 Å². The lowest BCUT2D eigenvalue weighted by Crippen LogP contribution is -2.39. The van der Waals surface area contributed by atoms with Crippen LogP contribution >= 0.6 is 0 Å². The Morgan fingerprint density at radius 3 is 2.46 bits per heavy atom. The molecule has 150 valence electrons. The summed E-state index contributed by atoms with van der Waals surface area (Å²) in [4.78, 5) is 12.2. The van der Waals surface area contributed by atoms with Gasteiger partial charge < -0.3 is 4.74 Å². The third-order valence-corrected chi connectivity index (χ3v) is 4.95. The lowest BCUT2D eigenvalue weighted by Gasteiger charge is -2.23. The maximum absolute atomic E-state index is 12.2. The summed E-state index contributed by atoms with van der Waals surface area (Å²) in [7, 11) is -3.62. The van der Waals surface area contributed by atoms with Gasteiger partial charge in [-0.1, -0.05) is 25.1 Å². The molecule has 0 bridgehead atoms. The second-order valence-corrected chi connectivity index (χ2v) is 8.17. The topological polar surface area (TPSA) is 88.1 Å². The molecule has 0 saturated carbocycles. The molecular weight excluding hydrogens is 378 g/mol. The van der Waals surface area contributed by atoms with Gasteiger partial charge in [0, 0.05) is 0 Å². The Labute approximate surface area is 166 Å². The van der Waals surface area contributed by atoms with Crippen molar-refractivity contribution in [1.29, 1.82) is 0 Å². The van der Waals surface area contributed by atoms with Crippen LogP contribution in [0.1, 0.15) is 24.5 Å². The minimum absolute atomic E-state index is 0.356. The van der Waals surface area contributed by atoms with Crippen molar-refractivity contribution in [3.8, 4) is 5.75 Å². The molecule has 0 aliphatic rings. The molecule has 2 aromatic carbocycles. The molecule has 2 rings (SSSR count). The first kappa shape index (κ1) is 21.4. The fourth-order valence-corrected chi connectivity index (χ4v) is 3.35. The van der Waals surface area contributed by atoms with Crippen molar-refractivity contribution in [2.45, 2.75) is 20.3 Å². The molecule has 1 amide bonds. The van der Waals surface area contributed by atoms with Crippen LogP contribution in [0, 0.1) is 6.92 Å². The molecule has 8 heteroatoms. The second-order valence-electron chi connectivity index (χ2n) is 6.27. The summed E-state index contributed by atoms with van der Waals surface area (Å²) in [6, 6.07) is 14.3. The van der Waals surface area contributed by atoms with Gasteiger partial charge in [-0.25, -0.2) is 13.8 Å². The molecule has 1 N–H and O–H groups in total. The van der Waals surface area contributed by atoms with Crippen LogP contribution in [0.2, 0.25) is 0 Å². The van der Waals surface area contributed by atoms with E-state index in [4.69, 9.17) is 4.74 Å². The number of sulfonamides is 1. The summed E-state index contributed by atoms with van der Waals surface area (Å²) in [6.45, 7) is 4.12. The van der Waals surface area contributed by atoms with E-state index in [-0.39, 0.29) is 6.54 Å². The molecule has 0 aliphatic heterocycles. The Hall–Kier alpha value is -2.87. The van der Waals surface area contributed by atoms with Gasteiger partial charge in [-0.2, -0.15) is 5.10 Å². The highest BCUT2D eigenvalue weighted by molar-refractivity contribution is 7.92. The zero-order chi connectivity index (χ0) is 20.6. The van der Waals surface area contributed by atoms with Crippen LogP contribution in [-0.2, 0) is 14.8 Å². The van der Waals surface area contributed by atoms with Crippen LogP contribution in [0.5, 0.6) is 5.75 Å². The summed E-state index contributed by atoms with van der Waals surface area (Å²) in [6.07, 6.45) is 3.49. The molecular formula is C20H25N3O4S. The first-order chi connectivity index (χ1) is 13.3. The van der Waals surface area contributed by atoms with E-state index >= 15 is 0 Å². The molecule has 0 heterocycles. The Morgan fingerprint density at radius 1 is 1.18 bits per heavy atom. The van der Waals surface area contributed by atoms with Crippen LogP contribution in [-0.4, -0.2) is 39.9 Å². The van der Waals surface area contributed by atoms with Gasteiger partial charge in [0.2, 0.25) is 10.0 Å². The first-order valence-electron chi connectivity index (χ1n) is 8.89. The molecule has 0 unspecified atom stereocenters. The third kappa shape index (κ3) is 6.38. The number of anilines is 1. The van der Waals surface area contributed by atoms with Gasteiger partial charge in [0.25, 0.3) is 5.91 Å². The maximum atomic E-state index is 12.2. The molecule has 7 nitrogen and oxygen atoms in total. The monoisotopic (exact) mass is 403 g/mol. The smallest absolute Gasteiger partial charge is 0.260 e. The van der Waals surface area contributed by atoms with Gasteiger partial charge in [0.1, 0.15) is 12.3 Å². The summed E-state index contributed by atoms with van der Waals surface area (Å²) >= 11 is 0. The summed E-state index contributed by atoms with van der Waals surface area (Å²) in [5.74, 6) is 0.234. The number of carbonyl (C=O) groups is 1. The standard InChI is InChI=1S/C20H25N3O4S/c1-4-13-27-18-11-9-17(10-12-18)14-21-22-20(24)15-23(28(3,25)26)19-8-6-5-7-16(19)2/h5-12,14H,4,13,15H2,1-3H3,(H,22,24)/b21-14-. The highest BCUT2D eigenvalue weighted by Crippen LogP contribution is 2.21. The number of rotatable bonds is 9. The lowest BCUT2D eigenvalue weighted by molar-refractivity contribution is -0.119. The Morgan fingerprint density at radius 2 is 1.86 bits per heavy atom. The molecule has 0 aliphatic carbocycles. The zero-order valence-corrected chi connectivity index (χ0v) is 17.1. The number of nitrogens with one attached hydrogen (secondary N) is 1. The average Bonchev–Trinajstić information content (AvgIpc) is 2.65. The Balaban J connectivity index is 1.99. The number of hydrazone groups is 1. The zero-order valence-electron chi connectivity index (χ0n) is 16.3. The van der Waals surface area contributed by atoms with E-state index in [2.05, 4.69) is 10.5 Å². The van der Waals surface area contributed by atoms with E-state index in [0.29, 0.717) is 12.3 Å². The highest BCUT2D eigenvalue weighted by atomic mass is 32.2. The normalized spacial score (nSPS) is 11.4. The summed E-state index contributed by atoms with van der Waals surface area (Å²) in [5.41, 5.74) is 4.37. The maximum Gasteiger partial charge on any atom is 0.260 e. The molecule has 0 spiro atoms. The molecule has 0 atom stereocenters. The van der Waals surface area contributed by atoms with Crippen molar-refractivity contribution in [2.24, 2.45) is 5.10 Å². The van der Waals surface area contributed by atoms with E-state index < -0.39 is 15.9 Å². The second kappa shape index (κ2) is 9.89.